The molecule has 1 saturated heterocycles. The van der Waals surface area contributed by atoms with Crippen LogP contribution in [0, 0.1) is 0 Å². The van der Waals surface area contributed by atoms with E-state index in [9.17, 15) is 5.11 Å². The number of amidine groups is 1. The van der Waals surface area contributed by atoms with Gasteiger partial charge in [-0.25, -0.2) is 0 Å². The van der Waals surface area contributed by atoms with Gasteiger partial charge in [0.1, 0.15) is 0 Å². The molecule has 0 aromatic heterocycles. The highest BCUT2D eigenvalue weighted by Crippen LogP contribution is 2.33. The molecular formula is C14H21N3O2S. The number of aliphatic hydroxyl groups is 1. The summed E-state index contributed by atoms with van der Waals surface area (Å²) in [4.78, 5) is 3.07. The third-order valence-corrected chi connectivity index (χ3v) is 4.38. The van der Waals surface area contributed by atoms with E-state index in [4.69, 9.17) is 10.9 Å². The number of anilines is 1. The minimum atomic E-state index is -0.698. The average Bonchev–Trinajstić information content (AvgIpc) is 2.44. The molecule has 1 heterocycles. The maximum absolute atomic E-state index is 10.3. The summed E-state index contributed by atoms with van der Waals surface area (Å²) in [6.45, 7) is 3.26. The van der Waals surface area contributed by atoms with Crippen LogP contribution in [0.1, 0.15) is 25.3 Å². The van der Waals surface area contributed by atoms with Crippen molar-refractivity contribution in [3.05, 3.63) is 23.8 Å². The number of oxime groups is 1. The first kappa shape index (κ1) is 15.0. The third-order valence-electron chi connectivity index (χ3n) is 3.60. The van der Waals surface area contributed by atoms with Crippen LogP contribution in [0.25, 0.3) is 0 Å². The molecule has 20 heavy (non-hydrogen) atoms. The molecule has 6 heteroatoms. The van der Waals surface area contributed by atoms with Gasteiger partial charge in [-0.2, -0.15) is 0 Å². The SMILES string of the molecule is CSc1cccc(N2CCCC(C)(O)C2)c1/C(N)=N/O. The number of nitrogens with zero attached hydrogens (tertiary/aromatic N) is 2. The monoisotopic (exact) mass is 295 g/mol. The Labute approximate surface area is 123 Å². The van der Waals surface area contributed by atoms with Gasteiger partial charge in [-0.3, -0.25) is 0 Å². The molecule has 4 N–H and O–H groups in total. The first-order chi connectivity index (χ1) is 9.48. The highest BCUT2D eigenvalue weighted by Gasteiger charge is 2.30. The second kappa shape index (κ2) is 5.93. The Morgan fingerprint density at radius 1 is 1.50 bits per heavy atom. The summed E-state index contributed by atoms with van der Waals surface area (Å²) in [6.07, 6.45) is 3.68. The summed E-state index contributed by atoms with van der Waals surface area (Å²) in [5, 5.41) is 22.4. The Kier molecular flexibility index (Phi) is 4.45. The van der Waals surface area contributed by atoms with Gasteiger partial charge in [0.05, 0.1) is 11.2 Å². The van der Waals surface area contributed by atoms with E-state index in [2.05, 4.69) is 10.1 Å². The van der Waals surface area contributed by atoms with Crippen LogP contribution in [0.15, 0.2) is 28.3 Å². The van der Waals surface area contributed by atoms with Crippen molar-refractivity contribution >= 4 is 23.3 Å². The number of hydrogen-bond acceptors (Lipinski definition) is 5. The van der Waals surface area contributed by atoms with Crippen LogP contribution in [0.3, 0.4) is 0 Å². The van der Waals surface area contributed by atoms with Gasteiger partial charge in [0.25, 0.3) is 0 Å². The minimum Gasteiger partial charge on any atom is -0.409 e. The number of hydrogen-bond donors (Lipinski definition) is 3. The van der Waals surface area contributed by atoms with Gasteiger partial charge in [0.15, 0.2) is 5.84 Å². The molecule has 1 aliphatic heterocycles. The zero-order chi connectivity index (χ0) is 14.8. The topological polar surface area (TPSA) is 82.1 Å². The molecule has 1 unspecified atom stereocenters. The normalized spacial score (nSPS) is 23.9. The number of rotatable bonds is 3. The van der Waals surface area contributed by atoms with Crippen molar-refractivity contribution in [2.75, 3.05) is 24.2 Å². The smallest absolute Gasteiger partial charge is 0.173 e. The fourth-order valence-corrected chi connectivity index (χ4v) is 3.31. The largest absolute Gasteiger partial charge is 0.409 e. The lowest BCUT2D eigenvalue weighted by Crippen LogP contribution is -2.46. The maximum atomic E-state index is 10.3. The molecule has 1 aliphatic rings. The zero-order valence-electron chi connectivity index (χ0n) is 11.8. The standard InChI is InChI=1S/C14H21N3O2S/c1-14(18)7-4-8-17(9-14)10-5-3-6-11(20-2)12(10)13(15)16-19/h3,5-6,18-19H,4,7-9H2,1-2H3,(H2,15,16). The molecule has 0 saturated carbocycles. The molecule has 1 aromatic rings. The van der Waals surface area contributed by atoms with E-state index in [-0.39, 0.29) is 5.84 Å². The van der Waals surface area contributed by atoms with Gasteiger partial charge in [-0.05, 0) is 38.2 Å². The average molecular weight is 295 g/mol. The molecule has 110 valence electrons. The lowest BCUT2D eigenvalue weighted by atomic mass is 9.94. The van der Waals surface area contributed by atoms with Gasteiger partial charge >= 0.3 is 0 Å². The predicted octanol–water partition coefficient (Wildman–Crippen LogP) is 1.85. The molecule has 1 atom stereocenters. The number of β-amino-alcohol motifs (C(OH)–C–C–N with tert-alkyl or cyclic N) is 1. The zero-order valence-corrected chi connectivity index (χ0v) is 12.7. The van der Waals surface area contributed by atoms with Crippen LogP contribution in [-0.4, -0.2) is 41.1 Å². The van der Waals surface area contributed by atoms with Crippen molar-refractivity contribution in [2.45, 2.75) is 30.3 Å². The molecular weight excluding hydrogens is 274 g/mol. The molecule has 2 rings (SSSR count). The lowest BCUT2D eigenvalue weighted by Gasteiger charge is -2.39. The third kappa shape index (κ3) is 3.02. The fraction of sp³-hybridized carbons (Fsp3) is 0.500. The maximum Gasteiger partial charge on any atom is 0.173 e. The van der Waals surface area contributed by atoms with Gasteiger partial charge < -0.3 is 20.9 Å². The molecule has 0 amide bonds. The second-order valence-electron chi connectivity index (χ2n) is 5.36. The van der Waals surface area contributed by atoms with Crippen molar-refractivity contribution in [1.29, 1.82) is 0 Å². The first-order valence-electron chi connectivity index (χ1n) is 6.61. The van der Waals surface area contributed by atoms with E-state index in [0.717, 1.165) is 35.5 Å². The Balaban J connectivity index is 2.45. The van der Waals surface area contributed by atoms with Crippen molar-refractivity contribution in [1.82, 2.24) is 0 Å². The van der Waals surface area contributed by atoms with E-state index >= 15 is 0 Å². The van der Waals surface area contributed by atoms with Gasteiger partial charge in [0, 0.05) is 23.7 Å². The molecule has 0 bridgehead atoms. The number of nitrogens with two attached hydrogens (primary N) is 1. The van der Waals surface area contributed by atoms with Crippen LogP contribution >= 0.6 is 11.8 Å². The number of thioether (sulfide) groups is 1. The summed E-state index contributed by atoms with van der Waals surface area (Å²) in [7, 11) is 0. The summed E-state index contributed by atoms with van der Waals surface area (Å²) >= 11 is 1.56. The highest BCUT2D eigenvalue weighted by molar-refractivity contribution is 7.98. The van der Waals surface area contributed by atoms with E-state index in [1.165, 1.54) is 0 Å². The van der Waals surface area contributed by atoms with Gasteiger partial charge in [-0.15, -0.1) is 11.8 Å². The lowest BCUT2D eigenvalue weighted by molar-refractivity contribution is 0.0449. The fourth-order valence-electron chi connectivity index (χ4n) is 2.69. The predicted molar refractivity (Wildman–Crippen MR) is 82.8 cm³/mol. The van der Waals surface area contributed by atoms with Gasteiger partial charge in [0.2, 0.25) is 0 Å². The van der Waals surface area contributed by atoms with Crippen LogP contribution < -0.4 is 10.6 Å². The van der Waals surface area contributed by atoms with Crippen molar-refractivity contribution in [3.8, 4) is 0 Å². The Morgan fingerprint density at radius 2 is 2.25 bits per heavy atom. The molecule has 5 nitrogen and oxygen atoms in total. The Hall–Kier alpha value is -1.40. The Bertz CT molecular complexity index is 517. The number of benzene rings is 1. The first-order valence-corrected chi connectivity index (χ1v) is 7.83. The highest BCUT2D eigenvalue weighted by atomic mass is 32.2. The van der Waals surface area contributed by atoms with E-state index in [1.54, 1.807) is 11.8 Å². The molecule has 1 fully saturated rings. The summed E-state index contributed by atoms with van der Waals surface area (Å²) < 4.78 is 0. The van der Waals surface area contributed by atoms with E-state index in [0.29, 0.717) is 6.54 Å². The van der Waals surface area contributed by atoms with Crippen molar-refractivity contribution in [3.63, 3.8) is 0 Å². The van der Waals surface area contributed by atoms with Crippen LogP contribution in [0.4, 0.5) is 5.69 Å². The van der Waals surface area contributed by atoms with Crippen molar-refractivity contribution in [2.24, 2.45) is 10.9 Å². The Morgan fingerprint density at radius 3 is 2.85 bits per heavy atom. The molecule has 1 aromatic carbocycles. The summed E-state index contributed by atoms with van der Waals surface area (Å²) in [6, 6.07) is 5.86. The van der Waals surface area contributed by atoms with Crippen molar-refractivity contribution < 1.29 is 10.3 Å². The molecule has 0 aliphatic carbocycles. The van der Waals surface area contributed by atoms with E-state index in [1.807, 2.05) is 31.4 Å². The second-order valence-corrected chi connectivity index (χ2v) is 6.21. The molecule has 0 radical (unpaired) electrons. The summed E-state index contributed by atoms with van der Waals surface area (Å²) in [5.74, 6) is 0.107. The van der Waals surface area contributed by atoms with Crippen LogP contribution in [0.5, 0.6) is 0 Å². The van der Waals surface area contributed by atoms with Crippen LogP contribution in [-0.2, 0) is 0 Å². The summed E-state index contributed by atoms with van der Waals surface area (Å²) in [5.41, 5.74) is 6.79. The molecule has 0 spiro atoms. The van der Waals surface area contributed by atoms with Gasteiger partial charge in [-0.1, -0.05) is 11.2 Å². The minimum absolute atomic E-state index is 0.107. The number of piperidine rings is 1. The van der Waals surface area contributed by atoms with Crippen LogP contribution in [0.2, 0.25) is 0 Å². The quantitative estimate of drug-likeness (QED) is 0.261. The van der Waals surface area contributed by atoms with E-state index < -0.39 is 5.60 Å².